The minimum absolute atomic E-state index is 0.194. The van der Waals surface area contributed by atoms with E-state index < -0.39 is 0 Å². The van der Waals surface area contributed by atoms with Crippen LogP contribution in [0.25, 0.3) is 11.4 Å². The molecule has 0 aliphatic carbocycles. The van der Waals surface area contributed by atoms with Gasteiger partial charge in [-0.3, -0.25) is 0 Å². The highest BCUT2D eigenvalue weighted by molar-refractivity contribution is 5.90. The van der Waals surface area contributed by atoms with E-state index in [2.05, 4.69) is 15.5 Å². The molecule has 7 heteroatoms. The number of halogens is 1. The van der Waals surface area contributed by atoms with E-state index in [1.807, 2.05) is 32.0 Å². The third kappa shape index (κ3) is 3.60. The predicted molar refractivity (Wildman–Crippen MR) is 103 cm³/mol. The van der Waals surface area contributed by atoms with Crippen LogP contribution in [0.1, 0.15) is 35.9 Å². The van der Waals surface area contributed by atoms with Gasteiger partial charge in [-0.15, -0.1) is 0 Å². The number of anilines is 1. The Morgan fingerprint density at radius 1 is 1.25 bits per heavy atom. The molecule has 1 N–H and O–H groups in total. The number of nitrogens with zero attached hydrogens (tertiary/aromatic N) is 3. The van der Waals surface area contributed by atoms with Gasteiger partial charge in [0.1, 0.15) is 11.9 Å². The summed E-state index contributed by atoms with van der Waals surface area (Å²) in [4.78, 5) is 18.9. The number of amides is 2. The number of likely N-dealkylation sites (tertiary alicyclic amines) is 1. The number of benzene rings is 2. The van der Waals surface area contributed by atoms with Crippen molar-refractivity contribution in [1.82, 2.24) is 15.0 Å². The molecule has 1 aromatic heterocycles. The molecule has 28 heavy (non-hydrogen) atoms. The molecule has 0 saturated carbocycles. The number of carbonyl (C=O) groups excluding carboxylic acids is 1. The molecular formula is C21H21FN4O2. The quantitative estimate of drug-likeness (QED) is 0.704. The predicted octanol–water partition coefficient (Wildman–Crippen LogP) is 4.86. The maximum atomic E-state index is 13.4. The number of aryl methyl sites for hydroxylation is 2. The molecule has 1 unspecified atom stereocenters. The Bertz CT molecular complexity index is 1020. The van der Waals surface area contributed by atoms with Gasteiger partial charge in [0.2, 0.25) is 11.7 Å². The molecule has 2 amide bonds. The summed E-state index contributed by atoms with van der Waals surface area (Å²) in [5.74, 6) is 0.322. The van der Waals surface area contributed by atoms with Crippen LogP contribution in [0, 0.1) is 19.7 Å². The third-order valence-corrected chi connectivity index (χ3v) is 4.95. The summed E-state index contributed by atoms with van der Waals surface area (Å²) in [6, 6.07) is 11.4. The van der Waals surface area contributed by atoms with Crippen molar-refractivity contribution in [2.75, 3.05) is 11.9 Å². The summed E-state index contributed by atoms with van der Waals surface area (Å²) in [6.45, 7) is 4.59. The largest absolute Gasteiger partial charge is 0.337 e. The van der Waals surface area contributed by atoms with E-state index >= 15 is 0 Å². The third-order valence-electron chi connectivity index (χ3n) is 4.95. The van der Waals surface area contributed by atoms with Gasteiger partial charge in [-0.25, -0.2) is 9.18 Å². The molecule has 2 aromatic carbocycles. The number of carbonyl (C=O) groups is 1. The van der Waals surface area contributed by atoms with Crippen LogP contribution in [0.4, 0.5) is 14.9 Å². The molecule has 1 aliphatic rings. The number of nitrogens with one attached hydrogen (secondary N) is 1. The zero-order valence-electron chi connectivity index (χ0n) is 15.8. The molecule has 0 radical (unpaired) electrons. The van der Waals surface area contributed by atoms with Crippen LogP contribution in [-0.2, 0) is 0 Å². The Balaban J connectivity index is 1.53. The fourth-order valence-corrected chi connectivity index (χ4v) is 3.52. The van der Waals surface area contributed by atoms with Gasteiger partial charge in [-0.2, -0.15) is 4.98 Å². The molecule has 1 saturated heterocycles. The van der Waals surface area contributed by atoms with E-state index in [9.17, 15) is 9.18 Å². The Kier molecular flexibility index (Phi) is 4.81. The summed E-state index contributed by atoms with van der Waals surface area (Å²) >= 11 is 0. The number of urea groups is 1. The topological polar surface area (TPSA) is 71.3 Å². The van der Waals surface area contributed by atoms with Crippen molar-refractivity contribution < 1.29 is 13.7 Å². The first kappa shape index (κ1) is 18.2. The number of rotatable bonds is 3. The summed E-state index contributed by atoms with van der Waals surface area (Å²) in [6.07, 6.45) is 1.59. The van der Waals surface area contributed by atoms with Crippen molar-refractivity contribution in [2.24, 2.45) is 0 Å². The van der Waals surface area contributed by atoms with Crippen molar-refractivity contribution in [3.05, 3.63) is 65.3 Å². The zero-order valence-corrected chi connectivity index (χ0v) is 15.8. The first-order valence-corrected chi connectivity index (χ1v) is 9.25. The van der Waals surface area contributed by atoms with E-state index in [1.54, 1.807) is 17.0 Å². The van der Waals surface area contributed by atoms with Crippen LogP contribution >= 0.6 is 0 Å². The van der Waals surface area contributed by atoms with Crippen LogP contribution in [0.15, 0.2) is 47.0 Å². The van der Waals surface area contributed by atoms with Crippen molar-refractivity contribution >= 4 is 11.7 Å². The van der Waals surface area contributed by atoms with Crippen LogP contribution in [-0.4, -0.2) is 27.6 Å². The lowest BCUT2D eigenvalue weighted by molar-refractivity contribution is 0.193. The van der Waals surface area contributed by atoms with E-state index in [0.717, 1.165) is 29.7 Å². The van der Waals surface area contributed by atoms with Gasteiger partial charge in [0.15, 0.2) is 0 Å². The molecule has 2 heterocycles. The van der Waals surface area contributed by atoms with Gasteiger partial charge in [0, 0.05) is 17.8 Å². The summed E-state index contributed by atoms with van der Waals surface area (Å²) in [7, 11) is 0. The van der Waals surface area contributed by atoms with Crippen LogP contribution < -0.4 is 5.32 Å². The van der Waals surface area contributed by atoms with Gasteiger partial charge < -0.3 is 14.7 Å². The van der Waals surface area contributed by atoms with Crippen LogP contribution in [0.3, 0.4) is 0 Å². The Morgan fingerprint density at radius 2 is 2.11 bits per heavy atom. The lowest BCUT2D eigenvalue weighted by Gasteiger charge is -2.22. The molecular weight excluding hydrogens is 359 g/mol. The highest BCUT2D eigenvalue weighted by Gasteiger charge is 2.34. The average Bonchev–Trinajstić information content (AvgIpc) is 3.33. The van der Waals surface area contributed by atoms with E-state index in [4.69, 9.17) is 4.52 Å². The molecule has 0 bridgehead atoms. The summed E-state index contributed by atoms with van der Waals surface area (Å²) in [5, 5.41) is 6.94. The van der Waals surface area contributed by atoms with Crippen LogP contribution in [0.2, 0.25) is 0 Å². The number of hydrogen-bond donors (Lipinski definition) is 1. The van der Waals surface area contributed by atoms with Crippen molar-refractivity contribution in [3.63, 3.8) is 0 Å². The second-order valence-electron chi connectivity index (χ2n) is 7.07. The summed E-state index contributed by atoms with van der Waals surface area (Å²) < 4.78 is 18.9. The fraction of sp³-hybridized carbons (Fsp3) is 0.286. The molecule has 1 fully saturated rings. The SMILES string of the molecule is Cc1ccc(NC(=O)N2CCCC2c2nc(-c3cccc(F)c3)no2)c(C)c1. The number of hydrogen-bond acceptors (Lipinski definition) is 4. The van der Waals surface area contributed by atoms with E-state index in [1.165, 1.54) is 12.1 Å². The van der Waals surface area contributed by atoms with Gasteiger partial charge >= 0.3 is 6.03 Å². The standard InChI is InChI=1S/C21H21FN4O2/c1-13-8-9-17(14(2)11-13)23-21(27)26-10-4-7-18(26)20-24-19(25-28-20)15-5-3-6-16(22)12-15/h3,5-6,8-9,11-12,18H,4,7,10H2,1-2H3,(H,23,27). The second kappa shape index (κ2) is 7.42. The van der Waals surface area contributed by atoms with Gasteiger partial charge in [-0.05, 0) is 50.5 Å². The molecule has 1 atom stereocenters. The minimum atomic E-state index is -0.362. The number of aromatic nitrogens is 2. The lowest BCUT2D eigenvalue weighted by atomic mass is 10.1. The maximum Gasteiger partial charge on any atom is 0.322 e. The molecule has 144 valence electrons. The van der Waals surface area contributed by atoms with Crippen molar-refractivity contribution in [1.29, 1.82) is 0 Å². The van der Waals surface area contributed by atoms with E-state index in [-0.39, 0.29) is 17.9 Å². The van der Waals surface area contributed by atoms with Crippen LogP contribution in [0.5, 0.6) is 0 Å². The van der Waals surface area contributed by atoms with E-state index in [0.29, 0.717) is 23.8 Å². The second-order valence-corrected chi connectivity index (χ2v) is 7.07. The zero-order chi connectivity index (χ0) is 19.7. The molecule has 3 aromatic rings. The molecule has 4 rings (SSSR count). The normalized spacial score (nSPS) is 16.4. The Hall–Kier alpha value is -3.22. The Labute approximate surface area is 162 Å². The van der Waals surface area contributed by atoms with Crippen molar-refractivity contribution in [3.8, 4) is 11.4 Å². The molecule has 1 aliphatic heterocycles. The summed E-state index contributed by atoms with van der Waals surface area (Å²) in [5.41, 5.74) is 3.48. The van der Waals surface area contributed by atoms with Gasteiger partial charge in [-0.1, -0.05) is 35.0 Å². The highest BCUT2D eigenvalue weighted by Crippen LogP contribution is 2.33. The maximum absolute atomic E-state index is 13.4. The van der Waals surface area contributed by atoms with Gasteiger partial charge in [0.05, 0.1) is 0 Å². The highest BCUT2D eigenvalue weighted by atomic mass is 19.1. The molecule has 6 nitrogen and oxygen atoms in total. The van der Waals surface area contributed by atoms with Crippen molar-refractivity contribution in [2.45, 2.75) is 32.7 Å². The minimum Gasteiger partial charge on any atom is -0.337 e. The first-order chi connectivity index (χ1) is 13.5. The Morgan fingerprint density at radius 3 is 2.89 bits per heavy atom. The molecule has 0 spiro atoms. The smallest absolute Gasteiger partial charge is 0.322 e. The van der Waals surface area contributed by atoms with Gasteiger partial charge in [0.25, 0.3) is 0 Å². The fourth-order valence-electron chi connectivity index (χ4n) is 3.52. The monoisotopic (exact) mass is 380 g/mol. The first-order valence-electron chi connectivity index (χ1n) is 9.25. The lowest BCUT2D eigenvalue weighted by Crippen LogP contribution is -2.34. The average molecular weight is 380 g/mol.